The van der Waals surface area contributed by atoms with Gasteiger partial charge in [-0.3, -0.25) is 19.5 Å². The Morgan fingerprint density at radius 1 is 1.20 bits per heavy atom. The zero-order chi connectivity index (χ0) is 17.4. The standard InChI is InChI=1S/C20H17N3O2/c1-2-13-11-21-10-9-15(13)20(25)23-12-18(24)22-16-7-3-5-14-6-4-8-17(23)19(14)16/h3-11H,2,12H2,1H3,(H,22,24). The smallest absolute Gasteiger partial charge is 0.259 e. The fourth-order valence-electron chi connectivity index (χ4n) is 3.31. The molecule has 2 heterocycles. The average molecular weight is 331 g/mol. The van der Waals surface area contributed by atoms with Gasteiger partial charge >= 0.3 is 0 Å². The van der Waals surface area contributed by atoms with Crippen LogP contribution in [0.3, 0.4) is 0 Å². The van der Waals surface area contributed by atoms with Gasteiger partial charge in [-0.1, -0.05) is 31.2 Å². The zero-order valence-corrected chi connectivity index (χ0v) is 13.8. The zero-order valence-electron chi connectivity index (χ0n) is 13.8. The van der Waals surface area contributed by atoms with Crippen molar-refractivity contribution in [3.63, 3.8) is 0 Å². The number of benzene rings is 2. The molecule has 2 aromatic carbocycles. The number of amides is 2. The molecular weight excluding hydrogens is 314 g/mol. The molecule has 0 saturated heterocycles. The molecular formula is C20H17N3O2. The van der Waals surface area contributed by atoms with Crippen LogP contribution in [0.25, 0.3) is 10.8 Å². The molecule has 4 rings (SSSR count). The summed E-state index contributed by atoms with van der Waals surface area (Å²) < 4.78 is 0. The Hall–Kier alpha value is -3.21. The minimum atomic E-state index is -0.204. The highest BCUT2D eigenvalue weighted by Gasteiger charge is 2.27. The maximum Gasteiger partial charge on any atom is 0.259 e. The van der Waals surface area contributed by atoms with E-state index in [-0.39, 0.29) is 18.4 Å². The fraction of sp³-hybridized carbons (Fsp3) is 0.150. The van der Waals surface area contributed by atoms with Gasteiger partial charge in [0.25, 0.3) is 5.91 Å². The number of nitrogens with zero attached hydrogens (tertiary/aromatic N) is 2. The van der Waals surface area contributed by atoms with E-state index < -0.39 is 0 Å². The normalized spacial score (nSPS) is 13.5. The molecule has 0 radical (unpaired) electrons. The lowest BCUT2D eigenvalue weighted by Crippen LogP contribution is -2.37. The van der Waals surface area contributed by atoms with E-state index in [0.29, 0.717) is 12.0 Å². The Bertz CT molecular complexity index is 992. The summed E-state index contributed by atoms with van der Waals surface area (Å²) >= 11 is 0. The molecule has 1 aromatic heterocycles. The molecule has 0 fully saturated rings. The van der Waals surface area contributed by atoms with Crippen molar-refractivity contribution in [2.24, 2.45) is 0 Å². The third kappa shape index (κ3) is 2.54. The summed E-state index contributed by atoms with van der Waals surface area (Å²) in [6.45, 7) is 1.97. The van der Waals surface area contributed by atoms with Crippen LogP contribution in [0.2, 0.25) is 0 Å². The van der Waals surface area contributed by atoms with Crippen LogP contribution in [0.15, 0.2) is 54.9 Å². The van der Waals surface area contributed by atoms with Crippen LogP contribution in [0, 0.1) is 0 Å². The predicted octanol–water partition coefficient (Wildman–Crippen LogP) is 3.40. The second kappa shape index (κ2) is 6.02. The molecule has 0 bridgehead atoms. The van der Waals surface area contributed by atoms with E-state index in [1.54, 1.807) is 23.4 Å². The largest absolute Gasteiger partial charge is 0.324 e. The lowest BCUT2D eigenvalue weighted by atomic mass is 10.0. The Kier molecular flexibility index (Phi) is 3.69. The van der Waals surface area contributed by atoms with E-state index in [9.17, 15) is 9.59 Å². The first-order valence-electron chi connectivity index (χ1n) is 8.25. The molecule has 3 aromatic rings. The van der Waals surface area contributed by atoms with Gasteiger partial charge in [-0.15, -0.1) is 0 Å². The van der Waals surface area contributed by atoms with Crippen LogP contribution in [0.5, 0.6) is 0 Å². The van der Waals surface area contributed by atoms with Crippen LogP contribution in [-0.2, 0) is 11.2 Å². The monoisotopic (exact) mass is 331 g/mol. The number of nitrogens with one attached hydrogen (secondary N) is 1. The minimum Gasteiger partial charge on any atom is -0.324 e. The van der Waals surface area contributed by atoms with Crippen molar-refractivity contribution in [3.8, 4) is 0 Å². The summed E-state index contributed by atoms with van der Waals surface area (Å²) in [4.78, 5) is 31.3. The van der Waals surface area contributed by atoms with Crippen molar-refractivity contribution >= 4 is 34.0 Å². The summed E-state index contributed by atoms with van der Waals surface area (Å²) in [7, 11) is 0. The van der Waals surface area contributed by atoms with Gasteiger partial charge in [-0.25, -0.2) is 0 Å². The molecule has 0 unspecified atom stereocenters. The molecule has 1 aliphatic heterocycles. The molecule has 0 aliphatic carbocycles. The number of hydrogen-bond acceptors (Lipinski definition) is 3. The number of aromatic nitrogens is 1. The van der Waals surface area contributed by atoms with Crippen molar-refractivity contribution < 1.29 is 9.59 Å². The Morgan fingerprint density at radius 3 is 2.80 bits per heavy atom. The van der Waals surface area contributed by atoms with Gasteiger partial charge < -0.3 is 5.32 Å². The second-order valence-electron chi connectivity index (χ2n) is 6.01. The van der Waals surface area contributed by atoms with Crippen LogP contribution < -0.4 is 10.2 Å². The van der Waals surface area contributed by atoms with Gasteiger partial charge in [0.2, 0.25) is 5.91 Å². The Balaban J connectivity index is 1.91. The van der Waals surface area contributed by atoms with E-state index in [2.05, 4.69) is 10.3 Å². The number of rotatable bonds is 2. The molecule has 2 amide bonds. The third-order valence-corrected chi connectivity index (χ3v) is 4.51. The van der Waals surface area contributed by atoms with Gasteiger partial charge in [0.05, 0.1) is 11.4 Å². The summed E-state index contributed by atoms with van der Waals surface area (Å²) in [6, 6.07) is 13.2. The second-order valence-corrected chi connectivity index (χ2v) is 6.01. The topological polar surface area (TPSA) is 62.3 Å². The number of anilines is 2. The first-order chi connectivity index (χ1) is 12.2. The summed E-state index contributed by atoms with van der Waals surface area (Å²) in [5.74, 6) is -0.386. The van der Waals surface area contributed by atoms with E-state index in [1.165, 1.54) is 0 Å². The number of carbonyl (C=O) groups excluding carboxylic acids is 2. The molecule has 5 nitrogen and oxygen atoms in total. The highest BCUT2D eigenvalue weighted by Crippen LogP contribution is 2.35. The van der Waals surface area contributed by atoms with Crippen LogP contribution in [0.4, 0.5) is 11.4 Å². The summed E-state index contributed by atoms with van der Waals surface area (Å²) in [5.41, 5.74) is 2.94. The Labute approximate surface area is 145 Å². The number of aryl methyl sites for hydroxylation is 1. The minimum absolute atomic E-state index is 0.0158. The Morgan fingerprint density at radius 2 is 2.00 bits per heavy atom. The van der Waals surface area contributed by atoms with Crippen LogP contribution in [-0.4, -0.2) is 23.3 Å². The molecule has 1 N–H and O–H groups in total. The molecule has 0 atom stereocenters. The maximum absolute atomic E-state index is 13.2. The first-order valence-corrected chi connectivity index (χ1v) is 8.25. The molecule has 0 spiro atoms. The predicted molar refractivity (Wildman–Crippen MR) is 97.9 cm³/mol. The van der Waals surface area contributed by atoms with Gasteiger partial charge in [0, 0.05) is 23.3 Å². The summed E-state index contributed by atoms with van der Waals surface area (Å²) in [5, 5.41) is 4.78. The van der Waals surface area contributed by atoms with Crippen molar-refractivity contribution in [2.75, 3.05) is 16.8 Å². The third-order valence-electron chi connectivity index (χ3n) is 4.51. The number of carbonyl (C=O) groups is 2. The average Bonchev–Trinajstić information content (AvgIpc) is 2.79. The maximum atomic E-state index is 13.2. The fourth-order valence-corrected chi connectivity index (χ4v) is 3.31. The van der Waals surface area contributed by atoms with Crippen molar-refractivity contribution in [2.45, 2.75) is 13.3 Å². The van der Waals surface area contributed by atoms with Crippen LogP contribution in [0.1, 0.15) is 22.8 Å². The van der Waals surface area contributed by atoms with Gasteiger partial charge in [-0.2, -0.15) is 0 Å². The molecule has 0 saturated carbocycles. The van der Waals surface area contributed by atoms with Crippen molar-refractivity contribution in [1.82, 2.24) is 4.98 Å². The number of pyridine rings is 1. The lowest BCUT2D eigenvalue weighted by molar-refractivity contribution is -0.114. The van der Waals surface area contributed by atoms with Gasteiger partial charge in [0.1, 0.15) is 6.54 Å². The summed E-state index contributed by atoms with van der Waals surface area (Å²) in [6.07, 6.45) is 4.02. The highest BCUT2D eigenvalue weighted by molar-refractivity contribution is 6.19. The van der Waals surface area contributed by atoms with E-state index >= 15 is 0 Å². The molecule has 1 aliphatic rings. The molecule has 5 heteroatoms. The van der Waals surface area contributed by atoms with E-state index in [0.717, 1.165) is 27.7 Å². The molecule has 25 heavy (non-hydrogen) atoms. The number of hydrogen-bond donors (Lipinski definition) is 1. The van der Waals surface area contributed by atoms with Crippen molar-refractivity contribution in [3.05, 3.63) is 66.0 Å². The van der Waals surface area contributed by atoms with E-state index in [4.69, 9.17) is 0 Å². The van der Waals surface area contributed by atoms with E-state index in [1.807, 2.05) is 43.3 Å². The quantitative estimate of drug-likeness (QED) is 0.783. The first kappa shape index (κ1) is 15.3. The van der Waals surface area contributed by atoms with Gasteiger partial charge in [0.15, 0.2) is 0 Å². The van der Waals surface area contributed by atoms with Crippen molar-refractivity contribution in [1.29, 1.82) is 0 Å². The SMILES string of the molecule is CCc1cnccc1C(=O)N1CC(=O)Nc2cccc3cccc1c23. The lowest BCUT2D eigenvalue weighted by Gasteiger charge is -2.22. The highest BCUT2D eigenvalue weighted by atomic mass is 16.2. The van der Waals surface area contributed by atoms with Gasteiger partial charge in [-0.05, 0) is 35.6 Å². The molecule has 124 valence electrons. The van der Waals surface area contributed by atoms with Crippen LogP contribution >= 0.6 is 0 Å².